The molecule has 0 radical (unpaired) electrons. The highest BCUT2D eigenvalue weighted by atomic mass is 16.6. The lowest BCUT2D eigenvalue weighted by Crippen LogP contribution is -2.43. The summed E-state index contributed by atoms with van der Waals surface area (Å²) in [5, 5.41) is 20.7. The Morgan fingerprint density at radius 2 is 1.75 bits per heavy atom. The molecule has 0 aliphatic rings. The molecule has 0 aromatic heterocycles. The summed E-state index contributed by atoms with van der Waals surface area (Å²) in [6.07, 6.45) is -1.85. The Kier molecular flexibility index (Phi) is 5.64. The van der Waals surface area contributed by atoms with Crippen molar-refractivity contribution in [3.63, 3.8) is 0 Å². The number of aromatic carboxylic acids is 1. The van der Waals surface area contributed by atoms with Crippen molar-refractivity contribution in [2.45, 2.75) is 12.6 Å². The maximum Gasteiger partial charge on any atom is 0.361 e. The summed E-state index contributed by atoms with van der Waals surface area (Å²) in [7, 11) is 0. The normalized spacial score (nSPS) is 11.4. The van der Waals surface area contributed by atoms with Gasteiger partial charge in [0.25, 0.3) is 0 Å². The van der Waals surface area contributed by atoms with E-state index in [-0.39, 0.29) is 17.7 Å². The second-order valence-electron chi connectivity index (χ2n) is 4.89. The van der Waals surface area contributed by atoms with Crippen LogP contribution in [0, 0.1) is 0 Å². The van der Waals surface area contributed by atoms with Crippen LogP contribution in [-0.4, -0.2) is 34.3 Å². The van der Waals surface area contributed by atoms with Gasteiger partial charge in [-0.1, -0.05) is 36.4 Å². The van der Waals surface area contributed by atoms with Crippen LogP contribution in [0.4, 0.5) is 0 Å². The third-order valence-corrected chi connectivity index (χ3v) is 3.03. The highest BCUT2D eigenvalue weighted by molar-refractivity contribution is 5.89. The van der Waals surface area contributed by atoms with Gasteiger partial charge in [0.1, 0.15) is 5.75 Å². The van der Waals surface area contributed by atoms with Crippen LogP contribution < -0.4 is 10.1 Å². The molecule has 7 heteroatoms. The number of carbonyl (C=O) groups excluding carboxylic acids is 2. The minimum absolute atomic E-state index is 0.000318. The number of esters is 1. The van der Waals surface area contributed by atoms with Gasteiger partial charge in [-0.2, -0.15) is 0 Å². The number of aliphatic hydroxyl groups is 1. The summed E-state index contributed by atoms with van der Waals surface area (Å²) >= 11 is 0. The van der Waals surface area contributed by atoms with E-state index < -0.39 is 24.1 Å². The molecule has 7 nitrogen and oxygen atoms in total. The molecule has 3 N–H and O–H groups in total. The number of carboxylic acids is 1. The molecule has 0 unspecified atom stereocenters. The number of carboxylic acid groups (broad SMARTS) is 1. The largest absolute Gasteiger partial charge is 0.478 e. The zero-order valence-electron chi connectivity index (χ0n) is 12.5. The molecule has 0 bridgehead atoms. The van der Waals surface area contributed by atoms with Gasteiger partial charge in [-0.25, -0.2) is 9.59 Å². The van der Waals surface area contributed by atoms with Crippen molar-refractivity contribution in [1.29, 1.82) is 0 Å². The number of rotatable bonds is 6. The lowest BCUT2D eigenvalue weighted by molar-refractivity contribution is -0.148. The monoisotopic (exact) mass is 329 g/mol. The fraction of sp³-hybridized carbons (Fsp3) is 0.118. The molecular weight excluding hydrogens is 314 g/mol. The molecule has 0 saturated heterocycles. The number of aliphatic hydroxyl groups excluding tert-OH is 1. The summed E-state index contributed by atoms with van der Waals surface area (Å²) in [5.74, 6) is -2.88. The lowest BCUT2D eigenvalue weighted by Gasteiger charge is -2.12. The van der Waals surface area contributed by atoms with Crippen molar-refractivity contribution in [2.24, 2.45) is 0 Å². The first-order valence-electron chi connectivity index (χ1n) is 7.02. The average molecular weight is 329 g/mol. The first-order valence-corrected chi connectivity index (χ1v) is 7.02. The van der Waals surface area contributed by atoms with Crippen LogP contribution in [0.3, 0.4) is 0 Å². The fourth-order valence-corrected chi connectivity index (χ4v) is 1.91. The van der Waals surface area contributed by atoms with Gasteiger partial charge in [0.2, 0.25) is 12.1 Å². The average Bonchev–Trinajstić information content (AvgIpc) is 2.55. The minimum Gasteiger partial charge on any atom is -0.478 e. The first kappa shape index (κ1) is 17.2. The second-order valence-corrected chi connectivity index (χ2v) is 4.89. The number of hydrogen-bond acceptors (Lipinski definition) is 5. The Labute approximate surface area is 137 Å². The van der Waals surface area contributed by atoms with Gasteiger partial charge in [-0.05, 0) is 23.8 Å². The Hall–Kier alpha value is -3.19. The number of amides is 1. The maximum absolute atomic E-state index is 11.8. The quantitative estimate of drug-likeness (QED) is 0.413. The van der Waals surface area contributed by atoms with Gasteiger partial charge in [0, 0.05) is 0 Å². The van der Waals surface area contributed by atoms with Crippen molar-refractivity contribution < 1.29 is 29.3 Å². The Bertz CT molecular complexity index is 744. The van der Waals surface area contributed by atoms with Gasteiger partial charge >= 0.3 is 11.9 Å². The van der Waals surface area contributed by atoms with Crippen molar-refractivity contribution >= 4 is 17.8 Å². The van der Waals surface area contributed by atoms with Crippen molar-refractivity contribution in [2.75, 3.05) is 0 Å². The fourth-order valence-electron chi connectivity index (χ4n) is 1.91. The SMILES string of the molecule is O=C(Cc1ccccc1)N[C@@H](O)C(=O)Oc1cccc(C(=O)O)c1. The van der Waals surface area contributed by atoms with E-state index in [1.54, 1.807) is 30.3 Å². The molecule has 24 heavy (non-hydrogen) atoms. The number of carbonyl (C=O) groups is 3. The van der Waals surface area contributed by atoms with Crippen LogP contribution in [-0.2, 0) is 16.0 Å². The van der Waals surface area contributed by atoms with E-state index in [0.29, 0.717) is 0 Å². The standard InChI is InChI=1S/C17H15NO6/c19-14(9-11-5-2-1-3-6-11)18-15(20)17(23)24-13-8-4-7-12(10-13)16(21)22/h1-8,10,15,20H,9H2,(H,18,19)(H,21,22)/t15-/m0/s1. The summed E-state index contributed by atoms with van der Waals surface area (Å²) in [6.45, 7) is 0. The summed E-state index contributed by atoms with van der Waals surface area (Å²) in [4.78, 5) is 34.4. The van der Waals surface area contributed by atoms with E-state index in [0.717, 1.165) is 11.6 Å². The van der Waals surface area contributed by atoms with E-state index in [2.05, 4.69) is 5.32 Å². The molecule has 0 spiro atoms. The first-order chi connectivity index (χ1) is 11.5. The van der Waals surface area contributed by atoms with Gasteiger partial charge in [-0.3, -0.25) is 4.79 Å². The van der Waals surface area contributed by atoms with Crippen molar-refractivity contribution in [3.8, 4) is 5.75 Å². The molecular formula is C17H15NO6. The molecule has 0 aliphatic heterocycles. The van der Waals surface area contributed by atoms with Gasteiger partial charge in [0.05, 0.1) is 12.0 Å². The predicted octanol–water partition coefficient (Wildman–Crippen LogP) is 0.968. The minimum atomic E-state index is -1.85. The highest BCUT2D eigenvalue weighted by Crippen LogP contribution is 2.14. The third kappa shape index (κ3) is 4.92. The Morgan fingerprint density at radius 3 is 2.42 bits per heavy atom. The number of hydrogen-bond donors (Lipinski definition) is 3. The maximum atomic E-state index is 11.8. The molecule has 2 aromatic carbocycles. The summed E-state index contributed by atoms with van der Waals surface area (Å²) in [5.41, 5.74) is 0.660. The molecule has 1 atom stereocenters. The Balaban J connectivity index is 1.91. The van der Waals surface area contributed by atoms with Gasteiger partial charge in [0.15, 0.2) is 0 Å². The zero-order chi connectivity index (χ0) is 17.5. The highest BCUT2D eigenvalue weighted by Gasteiger charge is 2.20. The smallest absolute Gasteiger partial charge is 0.361 e. The summed E-state index contributed by atoms with van der Waals surface area (Å²) in [6, 6.07) is 14.0. The van der Waals surface area contributed by atoms with Crippen LogP contribution in [0.5, 0.6) is 5.75 Å². The molecule has 2 aromatic rings. The lowest BCUT2D eigenvalue weighted by atomic mass is 10.1. The van der Waals surface area contributed by atoms with Gasteiger partial charge in [-0.15, -0.1) is 0 Å². The van der Waals surface area contributed by atoms with Crippen LogP contribution in [0.25, 0.3) is 0 Å². The van der Waals surface area contributed by atoms with Crippen LogP contribution >= 0.6 is 0 Å². The number of benzene rings is 2. The molecule has 2 rings (SSSR count). The van der Waals surface area contributed by atoms with Crippen molar-refractivity contribution in [1.82, 2.24) is 5.32 Å². The molecule has 124 valence electrons. The number of nitrogens with one attached hydrogen (secondary N) is 1. The molecule has 0 aliphatic carbocycles. The predicted molar refractivity (Wildman–Crippen MR) is 83.3 cm³/mol. The number of ether oxygens (including phenoxy) is 1. The van der Waals surface area contributed by atoms with E-state index >= 15 is 0 Å². The Morgan fingerprint density at radius 1 is 1.04 bits per heavy atom. The van der Waals surface area contributed by atoms with Crippen LogP contribution in [0.2, 0.25) is 0 Å². The zero-order valence-corrected chi connectivity index (χ0v) is 12.5. The van der Waals surface area contributed by atoms with E-state index in [1.165, 1.54) is 18.2 Å². The van der Waals surface area contributed by atoms with E-state index in [4.69, 9.17) is 9.84 Å². The van der Waals surface area contributed by atoms with Crippen LogP contribution in [0.1, 0.15) is 15.9 Å². The summed E-state index contributed by atoms with van der Waals surface area (Å²) < 4.78 is 4.85. The molecule has 0 heterocycles. The molecule has 1 amide bonds. The topological polar surface area (TPSA) is 113 Å². The van der Waals surface area contributed by atoms with E-state index in [1.807, 2.05) is 0 Å². The van der Waals surface area contributed by atoms with Crippen molar-refractivity contribution in [3.05, 3.63) is 65.7 Å². The molecule has 0 saturated carbocycles. The second kappa shape index (κ2) is 7.89. The van der Waals surface area contributed by atoms with E-state index in [9.17, 15) is 19.5 Å². The van der Waals surface area contributed by atoms with Gasteiger partial charge < -0.3 is 20.3 Å². The molecule has 0 fully saturated rings. The van der Waals surface area contributed by atoms with Crippen LogP contribution in [0.15, 0.2) is 54.6 Å². The third-order valence-electron chi connectivity index (χ3n) is 3.03.